The maximum atomic E-state index is 3.55. The van der Waals surface area contributed by atoms with Crippen molar-refractivity contribution in [3.63, 3.8) is 0 Å². The Bertz CT molecular complexity index is 278. The minimum atomic E-state index is 0.523. The third-order valence-corrected chi connectivity index (χ3v) is 7.19. The lowest BCUT2D eigenvalue weighted by molar-refractivity contribution is 0.517. The molecule has 0 saturated carbocycles. The summed E-state index contributed by atoms with van der Waals surface area (Å²) in [7, 11) is 0. The Labute approximate surface area is 202 Å². The first-order valence-electron chi connectivity index (χ1n) is 13.6. The van der Waals surface area contributed by atoms with Crippen molar-refractivity contribution in [2.24, 2.45) is 0 Å². The summed E-state index contributed by atoms with van der Waals surface area (Å²) in [5.41, 5.74) is 0. The van der Waals surface area contributed by atoms with E-state index in [9.17, 15) is 0 Å². The fourth-order valence-corrected chi connectivity index (χ4v) is 4.91. The Morgan fingerprint density at radius 3 is 0.759 bits per heavy atom. The van der Waals surface area contributed by atoms with E-state index in [1.54, 1.807) is 0 Å². The topological polar surface area (TPSA) is 0 Å². The maximum Gasteiger partial charge on any atom is 0.0697 e. The average Bonchev–Trinajstić information content (AvgIpc) is 2.71. The first kappa shape index (κ1) is 30.0. The molecule has 0 nitrogen and oxygen atoms in total. The summed E-state index contributed by atoms with van der Waals surface area (Å²) in [6.45, 7) is 2.30. The Kier molecular flexibility index (Phi) is 27.9. The summed E-state index contributed by atoms with van der Waals surface area (Å²) < 4.78 is 0.523. The van der Waals surface area contributed by atoms with Crippen molar-refractivity contribution < 1.29 is 0 Å². The highest BCUT2D eigenvalue weighted by atomic mass is 79.9. The molecule has 0 aliphatic rings. The number of halogens is 2. The lowest BCUT2D eigenvalue weighted by Crippen LogP contribution is -1.86. The van der Waals surface area contributed by atoms with Gasteiger partial charge in [-0.25, -0.2) is 0 Å². The summed E-state index contributed by atoms with van der Waals surface area (Å²) in [6.07, 6.45) is 36.4. The van der Waals surface area contributed by atoms with Gasteiger partial charge in [0, 0.05) is 0 Å². The molecule has 0 aliphatic heterocycles. The van der Waals surface area contributed by atoms with E-state index in [4.69, 9.17) is 0 Å². The van der Waals surface area contributed by atoms with Gasteiger partial charge in [-0.15, -0.1) is 0 Å². The summed E-state index contributed by atoms with van der Waals surface area (Å²) >= 11 is 7.11. The first-order chi connectivity index (χ1) is 14.3. The minimum Gasteiger partial charge on any atom is -0.0765 e. The molecule has 0 aromatic carbocycles. The molecule has 0 saturated heterocycles. The van der Waals surface area contributed by atoms with Crippen LogP contribution in [-0.4, -0.2) is 3.74 Å². The second kappa shape index (κ2) is 27.0. The minimum absolute atomic E-state index is 0.523. The van der Waals surface area contributed by atoms with Gasteiger partial charge in [0.1, 0.15) is 0 Å². The molecular weight excluding hydrogens is 484 g/mol. The molecule has 176 valence electrons. The van der Waals surface area contributed by atoms with E-state index in [0.717, 1.165) is 0 Å². The van der Waals surface area contributed by atoms with Crippen LogP contribution in [0.25, 0.3) is 0 Å². The Morgan fingerprint density at radius 1 is 0.345 bits per heavy atom. The standard InChI is InChI=1S/C27H54Br2/c1-2-3-4-5-6-7-8-9-10-11-12-13-14-15-16-17-18-19-20-21-22-23-24-25-26-27(28)29/h27H,2-26H2,1H3. The lowest BCUT2D eigenvalue weighted by Gasteiger charge is -2.04. The van der Waals surface area contributed by atoms with Gasteiger partial charge in [0.15, 0.2) is 0 Å². The van der Waals surface area contributed by atoms with E-state index in [1.165, 1.54) is 161 Å². The van der Waals surface area contributed by atoms with E-state index in [0.29, 0.717) is 3.74 Å². The van der Waals surface area contributed by atoms with Crippen LogP contribution in [0.2, 0.25) is 0 Å². The van der Waals surface area contributed by atoms with Crippen LogP contribution < -0.4 is 0 Å². The Hall–Kier alpha value is 0.960. The van der Waals surface area contributed by atoms with Crippen LogP contribution in [-0.2, 0) is 0 Å². The molecule has 0 aromatic rings. The van der Waals surface area contributed by atoms with Crippen molar-refractivity contribution in [2.45, 2.75) is 171 Å². The normalized spacial score (nSPS) is 11.6. The van der Waals surface area contributed by atoms with Crippen LogP contribution >= 0.6 is 31.9 Å². The van der Waals surface area contributed by atoms with Gasteiger partial charge >= 0.3 is 0 Å². The van der Waals surface area contributed by atoms with Gasteiger partial charge in [0.05, 0.1) is 3.74 Å². The molecule has 0 aliphatic carbocycles. The second-order valence-electron chi connectivity index (χ2n) is 9.31. The zero-order valence-electron chi connectivity index (χ0n) is 20.0. The lowest BCUT2D eigenvalue weighted by atomic mass is 10.0. The van der Waals surface area contributed by atoms with Crippen LogP contribution in [0.15, 0.2) is 0 Å². The van der Waals surface area contributed by atoms with E-state index < -0.39 is 0 Å². The van der Waals surface area contributed by atoms with Crippen molar-refractivity contribution in [3.8, 4) is 0 Å². The molecule has 0 fully saturated rings. The van der Waals surface area contributed by atoms with Crippen molar-refractivity contribution >= 4 is 31.9 Å². The van der Waals surface area contributed by atoms with Gasteiger partial charge in [-0.05, 0) is 6.42 Å². The second-order valence-corrected chi connectivity index (χ2v) is 12.8. The van der Waals surface area contributed by atoms with Crippen molar-refractivity contribution in [2.75, 3.05) is 0 Å². The monoisotopic (exact) mass is 536 g/mol. The quantitative estimate of drug-likeness (QED) is 0.0801. The predicted molar refractivity (Wildman–Crippen MR) is 143 cm³/mol. The maximum absolute atomic E-state index is 3.55. The molecule has 0 heterocycles. The summed E-state index contributed by atoms with van der Waals surface area (Å²) in [4.78, 5) is 0. The fraction of sp³-hybridized carbons (Fsp3) is 1.00. The van der Waals surface area contributed by atoms with Crippen molar-refractivity contribution in [3.05, 3.63) is 0 Å². The average molecular weight is 539 g/mol. The van der Waals surface area contributed by atoms with E-state index in [1.807, 2.05) is 0 Å². The molecule has 0 unspecified atom stereocenters. The summed E-state index contributed by atoms with van der Waals surface area (Å²) in [6, 6.07) is 0. The number of alkyl halides is 2. The molecule has 2 heteroatoms. The molecule has 0 spiro atoms. The Morgan fingerprint density at radius 2 is 0.552 bits per heavy atom. The molecular formula is C27H54Br2. The molecule has 0 N–H and O–H groups in total. The molecule has 0 rings (SSSR count). The van der Waals surface area contributed by atoms with Crippen LogP contribution in [0, 0.1) is 0 Å². The zero-order valence-corrected chi connectivity index (χ0v) is 23.2. The molecule has 0 aromatic heterocycles. The third-order valence-electron chi connectivity index (χ3n) is 6.28. The smallest absolute Gasteiger partial charge is 0.0697 e. The molecule has 0 amide bonds. The van der Waals surface area contributed by atoms with E-state index in [2.05, 4.69) is 38.8 Å². The van der Waals surface area contributed by atoms with Crippen LogP contribution in [0.5, 0.6) is 0 Å². The SMILES string of the molecule is CCCCCCCCCCCCCCCCCCCCCCCCCCC(Br)Br. The largest absolute Gasteiger partial charge is 0.0765 e. The van der Waals surface area contributed by atoms with Gasteiger partial charge in [0.25, 0.3) is 0 Å². The zero-order chi connectivity index (χ0) is 21.3. The van der Waals surface area contributed by atoms with Crippen LogP contribution in [0.1, 0.15) is 167 Å². The summed E-state index contributed by atoms with van der Waals surface area (Å²) in [5, 5.41) is 0. The van der Waals surface area contributed by atoms with Gasteiger partial charge in [-0.2, -0.15) is 0 Å². The van der Waals surface area contributed by atoms with E-state index in [-0.39, 0.29) is 0 Å². The van der Waals surface area contributed by atoms with Crippen molar-refractivity contribution in [1.29, 1.82) is 0 Å². The predicted octanol–water partition coefficient (Wildman–Crippen LogP) is 11.9. The highest BCUT2D eigenvalue weighted by molar-refractivity contribution is 9.24. The van der Waals surface area contributed by atoms with Crippen LogP contribution in [0.4, 0.5) is 0 Å². The van der Waals surface area contributed by atoms with Gasteiger partial charge < -0.3 is 0 Å². The number of hydrogen-bond donors (Lipinski definition) is 0. The Balaban J connectivity index is 2.98. The van der Waals surface area contributed by atoms with E-state index >= 15 is 0 Å². The number of hydrogen-bond acceptors (Lipinski definition) is 0. The van der Waals surface area contributed by atoms with Gasteiger partial charge in [-0.1, -0.05) is 193 Å². The highest BCUT2D eigenvalue weighted by Crippen LogP contribution is 2.18. The molecule has 0 atom stereocenters. The van der Waals surface area contributed by atoms with Gasteiger partial charge in [-0.3, -0.25) is 0 Å². The van der Waals surface area contributed by atoms with Gasteiger partial charge in [0.2, 0.25) is 0 Å². The molecule has 0 radical (unpaired) electrons. The highest BCUT2D eigenvalue weighted by Gasteiger charge is 1.98. The fourth-order valence-electron chi connectivity index (χ4n) is 4.26. The third kappa shape index (κ3) is 29.0. The summed E-state index contributed by atoms with van der Waals surface area (Å²) in [5.74, 6) is 0. The molecule has 0 bridgehead atoms. The number of rotatable bonds is 25. The first-order valence-corrected chi connectivity index (χ1v) is 15.4. The van der Waals surface area contributed by atoms with Crippen LogP contribution in [0.3, 0.4) is 0 Å². The van der Waals surface area contributed by atoms with Crippen molar-refractivity contribution in [1.82, 2.24) is 0 Å². The molecule has 29 heavy (non-hydrogen) atoms. The number of unbranched alkanes of at least 4 members (excludes halogenated alkanes) is 23.